The van der Waals surface area contributed by atoms with E-state index in [2.05, 4.69) is 38.0 Å². The van der Waals surface area contributed by atoms with Gasteiger partial charge in [-0.15, -0.1) is 0 Å². The van der Waals surface area contributed by atoms with Crippen LogP contribution in [0.15, 0.2) is 59.8 Å². The number of hydrogen-bond donors (Lipinski definition) is 1. The van der Waals surface area contributed by atoms with Crippen molar-refractivity contribution >= 4 is 22.6 Å². The zero-order valence-corrected chi connectivity index (χ0v) is 20.9. The van der Waals surface area contributed by atoms with Crippen molar-refractivity contribution in [1.29, 1.82) is 0 Å². The number of likely N-dealkylation sites (N-methyl/N-ethyl adjacent to an activating group) is 1. The first-order chi connectivity index (χ1) is 18.1. The SMILES string of the molecule is CN1CCN(c2cnc3c(C4CCN(C(=O)c5cc(=O)n(-c6ccccc6)[nH]5)CC4)ncnc3c2)CC1. The molecule has 0 unspecified atom stereocenters. The normalized spacial score (nSPS) is 17.4. The average molecular weight is 499 g/mol. The third-order valence-corrected chi connectivity index (χ3v) is 7.49. The van der Waals surface area contributed by atoms with Gasteiger partial charge in [-0.2, -0.15) is 0 Å². The molecule has 0 atom stereocenters. The van der Waals surface area contributed by atoms with Crippen molar-refractivity contribution in [3.63, 3.8) is 0 Å². The van der Waals surface area contributed by atoms with Gasteiger partial charge in [-0.1, -0.05) is 18.2 Å². The number of aromatic nitrogens is 5. The molecule has 3 aromatic heterocycles. The van der Waals surface area contributed by atoms with Crippen LogP contribution in [0.1, 0.15) is 34.9 Å². The molecule has 1 aromatic carbocycles. The number of para-hydroxylation sites is 1. The van der Waals surface area contributed by atoms with Crippen LogP contribution >= 0.6 is 0 Å². The van der Waals surface area contributed by atoms with Gasteiger partial charge in [0, 0.05) is 51.3 Å². The summed E-state index contributed by atoms with van der Waals surface area (Å²) < 4.78 is 1.40. The monoisotopic (exact) mass is 498 g/mol. The highest BCUT2D eigenvalue weighted by Crippen LogP contribution is 2.31. The minimum atomic E-state index is -0.251. The molecule has 2 aliphatic heterocycles. The molecule has 0 aliphatic carbocycles. The summed E-state index contributed by atoms with van der Waals surface area (Å²) in [6.07, 6.45) is 5.13. The fraction of sp³-hybridized carbons (Fsp3) is 0.370. The molecule has 0 radical (unpaired) electrons. The van der Waals surface area contributed by atoms with E-state index >= 15 is 0 Å². The maximum Gasteiger partial charge on any atom is 0.271 e. The van der Waals surface area contributed by atoms with E-state index in [-0.39, 0.29) is 17.4 Å². The number of fused-ring (bicyclic) bond motifs is 1. The van der Waals surface area contributed by atoms with Crippen LogP contribution in [-0.4, -0.2) is 86.8 Å². The van der Waals surface area contributed by atoms with E-state index in [1.807, 2.05) is 36.5 Å². The molecule has 1 N–H and O–H groups in total. The summed E-state index contributed by atoms with van der Waals surface area (Å²) in [5.74, 6) is 0.0391. The molecular formula is C27H30N8O2. The molecule has 0 bridgehead atoms. The quantitative estimate of drug-likeness (QED) is 0.460. The first-order valence-corrected chi connectivity index (χ1v) is 12.8. The summed E-state index contributed by atoms with van der Waals surface area (Å²) in [7, 11) is 2.15. The van der Waals surface area contributed by atoms with Crippen molar-refractivity contribution in [1.82, 2.24) is 34.5 Å². The minimum Gasteiger partial charge on any atom is -0.368 e. The van der Waals surface area contributed by atoms with E-state index in [0.29, 0.717) is 24.5 Å². The Bertz CT molecular complexity index is 1460. The lowest BCUT2D eigenvalue weighted by molar-refractivity contribution is 0.0706. The molecule has 37 heavy (non-hydrogen) atoms. The number of nitrogens with zero attached hydrogens (tertiary/aromatic N) is 7. The standard InChI is InChI=1S/C27H30N8O2/c1-32-11-13-33(14-12-32)21-15-22-26(28-17-21)25(30-18-29-22)19-7-9-34(10-8-19)27(37)23-16-24(36)35(31-23)20-5-3-2-4-6-20/h2-6,15-19,31H,7-14H2,1H3. The topological polar surface area (TPSA) is 103 Å². The van der Waals surface area contributed by atoms with E-state index in [4.69, 9.17) is 4.98 Å². The summed E-state index contributed by atoms with van der Waals surface area (Å²) in [4.78, 5) is 46.0. The number of amides is 1. The Kier molecular flexibility index (Phi) is 6.17. The van der Waals surface area contributed by atoms with Gasteiger partial charge >= 0.3 is 0 Å². The molecule has 2 fully saturated rings. The molecule has 10 nitrogen and oxygen atoms in total. The molecule has 0 spiro atoms. The smallest absolute Gasteiger partial charge is 0.271 e. The number of pyridine rings is 1. The van der Waals surface area contributed by atoms with Gasteiger partial charge in [0.2, 0.25) is 0 Å². The second kappa shape index (κ2) is 9.78. The maximum atomic E-state index is 13.2. The van der Waals surface area contributed by atoms with Crippen LogP contribution in [0.4, 0.5) is 5.69 Å². The Morgan fingerprint density at radius 3 is 2.43 bits per heavy atom. The highest BCUT2D eigenvalue weighted by atomic mass is 16.2. The number of anilines is 1. The largest absolute Gasteiger partial charge is 0.368 e. The summed E-state index contributed by atoms with van der Waals surface area (Å²) in [5.41, 5.74) is 4.50. The van der Waals surface area contributed by atoms with Gasteiger partial charge < -0.3 is 14.7 Å². The molecule has 5 heterocycles. The Balaban J connectivity index is 1.15. The number of likely N-dealkylation sites (tertiary alicyclic amines) is 1. The number of carbonyl (C=O) groups is 1. The van der Waals surface area contributed by atoms with Gasteiger partial charge in [0.15, 0.2) is 0 Å². The molecule has 2 saturated heterocycles. The summed E-state index contributed by atoms with van der Waals surface area (Å²) >= 11 is 0. The van der Waals surface area contributed by atoms with Crippen LogP contribution in [0.2, 0.25) is 0 Å². The molecule has 6 rings (SSSR count). The van der Waals surface area contributed by atoms with Crippen molar-refractivity contribution < 1.29 is 4.79 Å². The molecule has 4 aromatic rings. The lowest BCUT2D eigenvalue weighted by atomic mass is 9.92. The maximum absolute atomic E-state index is 13.2. The van der Waals surface area contributed by atoms with Gasteiger partial charge in [0.1, 0.15) is 17.5 Å². The van der Waals surface area contributed by atoms with Crippen LogP contribution in [-0.2, 0) is 0 Å². The summed E-state index contributed by atoms with van der Waals surface area (Å²) in [5, 5.41) is 2.97. The number of H-pyrrole nitrogens is 1. The van der Waals surface area contributed by atoms with Crippen LogP contribution in [0.3, 0.4) is 0 Å². The second-order valence-electron chi connectivity index (χ2n) is 9.86. The second-order valence-corrected chi connectivity index (χ2v) is 9.86. The number of hydrogen-bond acceptors (Lipinski definition) is 7. The third-order valence-electron chi connectivity index (χ3n) is 7.49. The van der Waals surface area contributed by atoms with Crippen LogP contribution < -0.4 is 10.5 Å². The summed E-state index contributed by atoms with van der Waals surface area (Å²) in [6, 6.07) is 12.7. The fourth-order valence-electron chi connectivity index (χ4n) is 5.29. The van der Waals surface area contributed by atoms with E-state index in [1.54, 1.807) is 11.2 Å². The Hall–Kier alpha value is -4.05. The zero-order valence-electron chi connectivity index (χ0n) is 20.9. The number of benzene rings is 1. The highest BCUT2D eigenvalue weighted by molar-refractivity contribution is 5.92. The first kappa shape index (κ1) is 23.4. The third kappa shape index (κ3) is 4.60. The van der Waals surface area contributed by atoms with E-state index in [0.717, 1.165) is 61.4 Å². The molecule has 0 saturated carbocycles. The van der Waals surface area contributed by atoms with Gasteiger partial charge in [-0.25, -0.2) is 14.6 Å². The van der Waals surface area contributed by atoms with Gasteiger partial charge in [-0.3, -0.25) is 19.7 Å². The fourth-order valence-corrected chi connectivity index (χ4v) is 5.29. The first-order valence-electron chi connectivity index (χ1n) is 12.8. The van der Waals surface area contributed by atoms with Crippen LogP contribution in [0.25, 0.3) is 16.7 Å². The lowest BCUT2D eigenvalue weighted by Crippen LogP contribution is -2.44. The number of aromatic amines is 1. The summed E-state index contributed by atoms with van der Waals surface area (Å²) in [6.45, 7) is 5.21. The van der Waals surface area contributed by atoms with Crippen molar-refractivity contribution in [3.8, 4) is 5.69 Å². The molecule has 10 heteroatoms. The zero-order chi connectivity index (χ0) is 25.4. The van der Waals surface area contributed by atoms with E-state index in [1.165, 1.54) is 10.7 Å². The number of piperidine rings is 1. The number of rotatable bonds is 4. The van der Waals surface area contributed by atoms with Gasteiger partial charge in [-0.05, 0) is 38.1 Å². The van der Waals surface area contributed by atoms with Crippen molar-refractivity contribution in [2.45, 2.75) is 18.8 Å². The lowest BCUT2D eigenvalue weighted by Gasteiger charge is -2.34. The van der Waals surface area contributed by atoms with Gasteiger partial charge in [0.25, 0.3) is 11.5 Å². The average Bonchev–Trinajstić information content (AvgIpc) is 3.34. The molecule has 2 aliphatic rings. The number of carbonyl (C=O) groups excluding carboxylic acids is 1. The molecular weight excluding hydrogens is 468 g/mol. The highest BCUT2D eigenvalue weighted by Gasteiger charge is 2.28. The predicted octanol–water partition coefficient (Wildman–Crippen LogP) is 2.28. The Morgan fingerprint density at radius 2 is 1.68 bits per heavy atom. The Morgan fingerprint density at radius 1 is 0.919 bits per heavy atom. The molecule has 1 amide bonds. The Labute approximate surface area is 214 Å². The van der Waals surface area contributed by atoms with E-state index in [9.17, 15) is 9.59 Å². The van der Waals surface area contributed by atoms with Crippen LogP contribution in [0.5, 0.6) is 0 Å². The molecule has 190 valence electrons. The predicted molar refractivity (Wildman–Crippen MR) is 141 cm³/mol. The minimum absolute atomic E-state index is 0.160. The van der Waals surface area contributed by atoms with Crippen LogP contribution in [0, 0.1) is 0 Å². The van der Waals surface area contributed by atoms with Crippen molar-refractivity contribution in [3.05, 3.63) is 76.7 Å². The van der Waals surface area contributed by atoms with E-state index < -0.39 is 0 Å². The number of nitrogens with one attached hydrogen (secondary N) is 1. The van der Waals surface area contributed by atoms with Gasteiger partial charge in [0.05, 0.1) is 28.8 Å². The van der Waals surface area contributed by atoms with Crippen molar-refractivity contribution in [2.75, 3.05) is 51.2 Å². The number of piperazine rings is 1. The van der Waals surface area contributed by atoms with Crippen molar-refractivity contribution in [2.24, 2.45) is 0 Å².